The van der Waals surface area contributed by atoms with Gasteiger partial charge in [0.15, 0.2) is 5.17 Å². The quantitative estimate of drug-likeness (QED) is 0.350. The van der Waals surface area contributed by atoms with Crippen LogP contribution < -0.4 is 4.74 Å². The molecule has 1 aromatic heterocycles. The molecule has 33 heavy (non-hydrogen) atoms. The number of amidine groups is 1. The normalized spacial score (nSPS) is 16.3. The number of amides is 1. The Kier molecular flexibility index (Phi) is 6.76. The number of aryl methyl sites for hydroxylation is 1. The van der Waals surface area contributed by atoms with E-state index in [9.17, 15) is 9.18 Å². The van der Waals surface area contributed by atoms with Gasteiger partial charge >= 0.3 is 0 Å². The van der Waals surface area contributed by atoms with Gasteiger partial charge in [0.2, 0.25) is 0 Å². The molecule has 0 spiro atoms. The average Bonchev–Trinajstić information content (AvgIpc) is 3.23. The van der Waals surface area contributed by atoms with E-state index in [1.807, 2.05) is 67.8 Å². The largest absolute Gasteiger partial charge is 0.497 e. The number of aromatic nitrogens is 1. The van der Waals surface area contributed by atoms with E-state index >= 15 is 0 Å². The number of halogens is 2. The molecule has 8 heteroatoms. The summed E-state index contributed by atoms with van der Waals surface area (Å²) in [5.41, 5.74) is 3.83. The summed E-state index contributed by atoms with van der Waals surface area (Å²) < 4.78 is 22.4. The van der Waals surface area contributed by atoms with E-state index in [1.54, 1.807) is 18.1 Å². The number of ether oxygens (including phenoxy) is 1. The van der Waals surface area contributed by atoms with Crippen molar-refractivity contribution in [1.82, 2.24) is 9.47 Å². The first-order chi connectivity index (χ1) is 15.8. The first kappa shape index (κ1) is 23.3. The molecule has 1 aliphatic heterocycles. The van der Waals surface area contributed by atoms with Crippen molar-refractivity contribution < 1.29 is 13.9 Å². The zero-order valence-electron chi connectivity index (χ0n) is 18.7. The third-order valence-corrected chi connectivity index (χ3v) is 6.91. The van der Waals surface area contributed by atoms with Crippen molar-refractivity contribution in [1.29, 1.82) is 0 Å². The summed E-state index contributed by atoms with van der Waals surface area (Å²) in [6.45, 7) is 6.29. The second-order valence-electron chi connectivity index (χ2n) is 7.51. The van der Waals surface area contributed by atoms with Crippen molar-refractivity contribution in [3.8, 4) is 11.4 Å². The smallest absolute Gasteiger partial charge is 0.266 e. The average molecular weight is 528 g/mol. The Labute approximate surface area is 205 Å². The van der Waals surface area contributed by atoms with Crippen molar-refractivity contribution in [2.45, 2.75) is 20.8 Å². The van der Waals surface area contributed by atoms with Gasteiger partial charge < -0.3 is 9.30 Å². The second-order valence-corrected chi connectivity index (χ2v) is 9.43. The fourth-order valence-electron chi connectivity index (χ4n) is 3.75. The first-order valence-corrected chi connectivity index (χ1v) is 12.0. The third-order valence-electron chi connectivity index (χ3n) is 5.41. The first-order valence-electron chi connectivity index (χ1n) is 10.4. The molecule has 170 valence electrons. The van der Waals surface area contributed by atoms with Gasteiger partial charge in [-0.2, -0.15) is 0 Å². The van der Waals surface area contributed by atoms with Crippen LogP contribution in [0.25, 0.3) is 11.8 Å². The van der Waals surface area contributed by atoms with Gasteiger partial charge in [0.05, 0.1) is 23.4 Å². The molecule has 1 saturated heterocycles. The van der Waals surface area contributed by atoms with E-state index in [0.29, 0.717) is 26.8 Å². The molecule has 2 aromatic carbocycles. The SMILES string of the molecule is CCN1C(=O)/C(=C\c2cc(C)n(-c3ccc(Br)cc3F)c2C)SC1=Nc1ccc(OC)cc1. The summed E-state index contributed by atoms with van der Waals surface area (Å²) in [6.07, 6.45) is 1.86. The van der Waals surface area contributed by atoms with E-state index in [0.717, 1.165) is 28.4 Å². The maximum absolute atomic E-state index is 14.6. The molecule has 2 heterocycles. The molecule has 0 atom stereocenters. The molecule has 0 radical (unpaired) electrons. The highest BCUT2D eigenvalue weighted by Crippen LogP contribution is 2.35. The van der Waals surface area contributed by atoms with Crippen molar-refractivity contribution in [2.24, 2.45) is 4.99 Å². The molecular formula is C25H23BrFN3O2S. The lowest BCUT2D eigenvalue weighted by atomic mass is 10.2. The van der Waals surface area contributed by atoms with Gasteiger partial charge in [-0.05, 0) is 92.7 Å². The lowest BCUT2D eigenvalue weighted by Gasteiger charge is -2.12. The number of carbonyl (C=O) groups excluding carboxylic acids is 1. The molecular weight excluding hydrogens is 505 g/mol. The number of thioether (sulfide) groups is 1. The highest BCUT2D eigenvalue weighted by atomic mass is 79.9. The van der Waals surface area contributed by atoms with E-state index in [1.165, 1.54) is 17.8 Å². The zero-order chi connectivity index (χ0) is 23.7. The Morgan fingerprint density at radius 3 is 2.52 bits per heavy atom. The molecule has 0 saturated carbocycles. The summed E-state index contributed by atoms with van der Waals surface area (Å²) in [7, 11) is 1.62. The molecule has 0 aliphatic carbocycles. The number of aliphatic imine (C=N–C) groups is 1. The van der Waals surface area contributed by atoms with Crippen molar-refractivity contribution in [2.75, 3.05) is 13.7 Å². The van der Waals surface area contributed by atoms with E-state index in [2.05, 4.69) is 20.9 Å². The van der Waals surface area contributed by atoms with Crippen LogP contribution >= 0.6 is 27.7 Å². The van der Waals surface area contributed by atoms with Crippen LogP contribution in [0.15, 0.2) is 62.9 Å². The minimum atomic E-state index is -0.317. The number of likely N-dealkylation sites (N-methyl/N-ethyl adjacent to an activating group) is 1. The van der Waals surface area contributed by atoms with Crippen molar-refractivity contribution >= 4 is 50.5 Å². The van der Waals surface area contributed by atoms with Crippen LogP contribution in [-0.2, 0) is 4.79 Å². The van der Waals surface area contributed by atoms with Gasteiger partial charge in [-0.15, -0.1) is 0 Å². The minimum absolute atomic E-state index is 0.0885. The maximum atomic E-state index is 14.6. The van der Waals surface area contributed by atoms with Crippen LogP contribution in [-0.4, -0.2) is 34.2 Å². The lowest BCUT2D eigenvalue weighted by molar-refractivity contribution is -0.122. The van der Waals surface area contributed by atoms with E-state index in [4.69, 9.17) is 4.74 Å². The molecule has 1 fully saturated rings. The zero-order valence-corrected chi connectivity index (χ0v) is 21.1. The molecule has 4 rings (SSSR count). The van der Waals surface area contributed by atoms with Gasteiger partial charge in [-0.3, -0.25) is 9.69 Å². The topological polar surface area (TPSA) is 46.8 Å². The lowest BCUT2D eigenvalue weighted by Crippen LogP contribution is -2.28. The Morgan fingerprint density at radius 1 is 1.15 bits per heavy atom. The Hall–Kier alpha value is -2.84. The van der Waals surface area contributed by atoms with Crippen LogP contribution in [0.3, 0.4) is 0 Å². The summed E-state index contributed by atoms with van der Waals surface area (Å²) in [5.74, 6) is 0.344. The predicted octanol–water partition coefficient (Wildman–Crippen LogP) is 6.63. The summed E-state index contributed by atoms with van der Waals surface area (Å²) in [6, 6.07) is 14.3. The predicted molar refractivity (Wildman–Crippen MR) is 136 cm³/mol. The number of nitrogens with zero attached hydrogens (tertiary/aromatic N) is 3. The van der Waals surface area contributed by atoms with E-state index in [-0.39, 0.29) is 11.7 Å². The fourth-order valence-corrected chi connectivity index (χ4v) is 5.13. The molecule has 1 aliphatic rings. The maximum Gasteiger partial charge on any atom is 0.266 e. The molecule has 0 N–H and O–H groups in total. The number of hydrogen-bond donors (Lipinski definition) is 0. The molecule has 1 amide bonds. The summed E-state index contributed by atoms with van der Waals surface area (Å²) in [5, 5.41) is 0.631. The molecule has 0 bridgehead atoms. The second kappa shape index (κ2) is 9.57. The van der Waals surface area contributed by atoms with Crippen molar-refractivity contribution in [3.05, 3.63) is 80.7 Å². The van der Waals surface area contributed by atoms with Crippen LogP contribution in [0.1, 0.15) is 23.9 Å². The third kappa shape index (κ3) is 4.63. The molecule has 5 nitrogen and oxygen atoms in total. The number of methoxy groups -OCH3 is 1. The fraction of sp³-hybridized carbons (Fsp3) is 0.200. The van der Waals surface area contributed by atoms with Crippen LogP contribution in [0.4, 0.5) is 10.1 Å². The Morgan fingerprint density at radius 2 is 1.88 bits per heavy atom. The monoisotopic (exact) mass is 527 g/mol. The van der Waals surface area contributed by atoms with Crippen LogP contribution in [0, 0.1) is 19.7 Å². The van der Waals surface area contributed by atoms with Crippen LogP contribution in [0.5, 0.6) is 5.75 Å². The number of hydrogen-bond acceptors (Lipinski definition) is 4. The number of carbonyl (C=O) groups is 1. The van der Waals surface area contributed by atoms with Crippen molar-refractivity contribution in [3.63, 3.8) is 0 Å². The van der Waals surface area contributed by atoms with Gasteiger partial charge in [0.1, 0.15) is 11.6 Å². The van der Waals surface area contributed by atoms with Gasteiger partial charge in [-0.25, -0.2) is 9.38 Å². The Bertz CT molecular complexity index is 1280. The summed E-state index contributed by atoms with van der Waals surface area (Å²) in [4.78, 5) is 20.0. The van der Waals surface area contributed by atoms with Gasteiger partial charge in [-0.1, -0.05) is 15.9 Å². The Balaban J connectivity index is 1.69. The number of benzene rings is 2. The van der Waals surface area contributed by atoms with Gasteiger partial charge in [0, 0.05) is 22.4 Å². The minimum Gasteiger partial charge on any atom is -0.497 e. The standard InChI is InChI=1S/C25H23BrFN3O2S/c1-5-29-24(31)23(33-25(29)28-19-7-9-20(32-4)10-8-19)13-17-12-15(2)30(16(17)3)22-11-6-18(26)14-21(22)27/h6-14H,5H2,1-4H3/b23-13+,28-25?. The van der Waals surface area contributed by atoms with Gasteiger partial charge in [0.25, 0.3) is 5.91 Å². The molecule has 3 aromatic rings. The number of rotatable bonds is 5. The van der Waals surface area contributed by atoms with Crippen LogP contribution in [0.2, 0.25) is 0 Å². The molecule has 0 unspecified atom stereocenters. The van der Waals surface area contributed by atoms with E-state index < -0.39 is 0 Å². The highest BCUT2D eigenvalue weighted by Gasteiger charge is 2.32. The summed E-state index contributed by atoms with van der Waals surface area (Å²) >= 11 is 4.65. The highest BCUT2D eigenvalue weighted by molar-refractivity contribution is 9.10.